The molecule has 0 bridgehead atoms. The zero-order chi connectivity index (χ0) is 8.84. The minimum Gasteiger partial charge on any atom is -0.387 e. The van der Waals surface area contributed by atoms with Crippen LogP contribution in [-0.2, 0) is 6.54 Å². The summed E-state index contributed by atoms with van der Waals surface area (Å²) in [5.41, 5.74) is 1.04. The standard InChI is InChI=1S/C10H14N2O/c13-9-2-1-5-12-8(9)6-11-10(12)7-3-4-7/h6-7,9,13H,1-5H2. The molecular weight excluding hydrogens is 164 g/mol. The van der Waals surface area contributed by atoms with Crippen LogP contribution in [0.1, 0.15) is 49.2 Å². The average molecular weight is 178 g/mol. The molecule has 1 unspecified atom stereocenters. The van der Waals surface area contributed by atoms with Gasteiger partial charge in [0.2, 0.25) is 0 Å². The molecule has 1 aromatic heterocycles. The maximum Gasteiger partial charge on any atom is 0.112 e. The van der Waals surface area contributed by atoms with Crippen LogP contribution in [-0.4, -0.2) is 14.7 Å². The van der Waals surface area contributed by atoms with Crippen LogP contribution in [0.5, 0.6) is 0 Å². The van der Waals surface area contributed by atoms with Crippen molar-refractivity contribution in [2.75, 3.05) is 0 Å². The summed E-state index contributed by atoms with van der Waals surface area (Å²) in [5, 5.41) is 9.72. The molecule has 1 atom stereocenters. The fraction of sp³-hybridized carbons (Fsp3) is 0.700. The van der Waals surface area contributed by atoms with Gasteiger partial charge in [-0.1, -0.05) is 0 Å². The average Bonchev–Trinajstić information content (AvgIpc) is 2.87. The van der Waals surface area contributed by atoms with E-state index in [-0.39, 0.29) is 6.10 Å². The number of aromatic nitrogens is 2. The number of nitrogens with zero attached hydrogens (tertiary/aromatic N) is 2. The normalized spacial score (nSPS) is 27.3. The molecule has 1 saturated carbocycles. The fourth-order valence-electron chi connectivity index (χ4n) is 2.17. The highest BCUT2D eigenvalue weighted by atomic mass is 16.3. The minimum atomic E-state index is -0.270. The van der Waals surface area contributed by atoms with Crippen molar-refractivity contribution in [3.05, 3.63) is 17.7 Å². The first-order valence-electron chi connectivity index (χ1n) is 5.09. The van der Waals surface area contributed by atoms with E-state index in [1.165, 1.54) is 18.7 Å². The molecule has 1 fully saturated rings. The van der Waals surface area contributed by atoms with Gasteiger partial charge in [-0.15, -0.1) is 0 Å². The Morgan fingerprint density at radius 2 is 2.23 bits per heavy atom. The van der Waals surface area contributed by atoms with Crippen molar-refractivity contribution in [3.8, 4) is 0 Å². The second-order valence-electron chi connectivity index (χ2n) is 4.13. The number of aliphatic hydroxyl groups excluding tert-OH is 1. The summed E-state index contributed by atoms with van der Waals surface area (Å²) in [5.74, 6) is 1.91. The van der Waals surface area contributed by atoms with E-state index in [1.807, 2.05) is 6.20 Å². The Labute approximate surface area is 77.4 Å². The van der Waals surface area contributed by atoms with Crippen molar-refractivity contribution < 1.29 is 5.11 Å². The van der Waals surface area contributed by atoms with Crippen molar-refractivity contribution in [2.45, 2.75) is 44.2 Å². The first kappa shape index (κ1) is 7.56. The molecule has 0 aromatic carbocycles. The maximum absolute atomic E-state index is 9.72. The maximum atomic E-state index is 9.72. The molecule has 1 aromatic rings. The van der Waals surface area contributed by atoms with E-state index >= 15 is 0 Å². The Bertz CT molecular complexity index is 314. The zero-order valence-corrected chi connectivity index (χ0v) is 7.61. The quantitative estimate of drug-likeness (QED) is 0.709. The molecule has 13 heavy (non-hydrogen) atoms. The molecule has 0 saturated heterocycles. The van der Waals surface area contributed by atoms with Crippen LogP contribution < -0.4 is 0 Å². The van der Waals surface area contributed by atoms with Crippen LogP contribution in [0.25, 0.3) is 0 Å². The SMILES string of the molecule is OC1CCCn2c1cnc2C1CC1. The van der Waals surface area contributed by atoms with Crippen LogP contribution >= 0.6 is 0 Å². The van der Waals surface area contributed by atoms with E-state index in [4.69, 9.17) is 0 Å². The molecule has 70 valence electrons. The molecule has 1 N–H and O–H groups in total. The minimum absolute atomic E-state index is 0.270. The molecule has 3 heteroatoms. The molecule has 3 nitrogen and oxygen atoms in total. The van der Waals surface area contributed by atoms with E-state index in [1.54, 1.807) is 0 Å². The molecule has 2 heterocycles. The summed E-state index contributed by atoms with van der Waals surface area (Å²) in [6, 6.07) is 0. The van der Waals surface area contributed by atoms with Crippen molar-refractivity contribution in [3.63, 3.8) is 0 Å². The van der Waals surface area contributed by atoms with Crippen LogP contribution in [0.15, 0.2) is 6.20 Å². The number of aliphatic hydroxyl groups is 1. The largest absolute Gasteiger partial charge is 0.387 e. The molecule has 0 radical (unpaired) electrons. The summed E-state index contributed by atoms with van der Waals surface area (Å²) < 4.78 is 2.23. The summed E-state index contributed by atoms with van der Waals surface area (Å²) in [4.78, 5) is 4.41. The number of imidazole rings is 1. The van der Waals surface area contributed by atoms with Gasteiger partial charge < -0.3 is 9.67 Å². The van der Waals surface area contributed by atoms with Gasteiger partial charge in [0.15, 0.2) is 0 Å². The van der Waals surface area contributed by atoms with E-state index in [0.717, 1.165) is 25.1 Å². The van der Waals surface area contributed by atoms with Crippen molar-refractivity contribution in [1.82, 2.24) is 9.55 Å². The highest BCUT2D eigenvalue weighted by Gasteiger charge is 2.31. The van der Waals surface area contributed by atoms with Gasteiger partial charge in [0, 0.05) is 12.5 Å². The van der Waals surface area contributed by atoms with Crippen LogP contribution in [0.2, 0.25) is 0 Å². The third kappa shape index (κ3) is 1.10. The Hall–Kier alpha value is -0.830. The fourth-order valence-corrected chi connectivity index (χ4v) is 2.17. The number of rotatable bonds is 1. The van der Waals surface area contributed by atoms with Crippen molar-refractivity contribution in [1.29, 1.82) is 0 Å². The van der Waals surface area contributed by atoms with Gasteiger partial charge in [-0.25, -0.2) is 4.98 Å². The Morgan fingerprint density at radius 1 is 1.38 bits per heavy atom. The number of hydrogen-bond acceptors (Lipinski definition) is 2. The predicted octanol–water partition coefficient (Wildman–Crippen LogP) is 1.59. The Morgan fingerprint density at radius 3 is 3.00 bits per heavy atom. The third-order valence-electron chi connectivity index (χ3n) is 3.06. The molecule has 1 aliphatic carbocycles. The summed E-state index contributed by atoms with van der Waals surface area (Å²) in [7, 11) is 0. The van der Waals surface area contributed by atoms with Gasteiger partial charge >= 0.3 is 0 Å². The first-order valence-corrected chi connectivity index (χ1v) is 5.09. The van der Waals surface area contributed by atoms with E-state index < -0.39 is 0 Å². The lowest BCUT2D eigenvalue weighted by Gasteiger charge is -2.21. The topological polar surface area (TPSA) is 38.0 Å². The van der Waals surface area contributed by atoms with Crippen molar-refractivity contribution >= 4 is 0 Å². The van der Waals surface area contributed by atoms with Gasteiger partial charge in [-0.3, -0.25) is 0 Å². The van der Waals surface area contributed by atoms with Crippen LogP contribution in [0.3, 0.4) is 0 Å². The van der Waals surface area contributed by atoms with E-state index in [0.29, 0.717) is 5.92 Å². The highest BCUT2D eigenvalue weighted by molar-refractivity contribution is 5.16. The third-order valence-corrected chi connectivity index (χ3v) is 3.06. The second kappa shape index (κ2) is 2.58. The summed E-state index contributed by atoms with van der Waals surface area (Å²) in [6.45, 7) is 1.05. The van der Waals surface area contributed by atoms with E-state index in [2.05, 4.69) is 9.55 Å². The molecule has 3 rings (SSSR count). The van der Waals surface area contributed by atoms with Gasteiger partial charge in [-0.2, -0.15) is 0 Å². The first-order chi connectivity index (χ1) is 6.36. The van der Waals surface area contributed by atoms with Crippen LogP contribution in [0.4, 0.5) is 0 Å². The lowest BCUT2D eigenvalue weighted by Crippen LogP contribution is -2.16. The van der Waals surface area contributed by atoms with Gasteiger partial charge in [0.05, 0.1) is 18.0 Å². The van der Waals surface area contributed by atoms with Gasteiger partial charge in [-0.05, 0) is 25.7 Å². The van der Waals surface area contributed by atoms with Crippen LogP contribution in [0, 0.1) is 0 Å². The monoisotopic (exact) mass is 178 g/mol. The van der Waals surface area contributed by atoms with Crippen molar-refractivity contribution in [2.24, 2.45) is 0 Å². The number of hydrogen-bond donors (Lipinski definition) is 1. The Kier molecular flexibility index (Phi) is 1.50. The molecule has 2 aliphatic rings. The smallest absolute Gasteiger partial charge is 0.112 e. The molecule has 1 aliphatic heterocycles. The number of fused-ring (bicyclic) bond motifs is 1. The van der Waals surface area contributed by atoms with Gasteiger partial charge in [0.1, 0.15) is 5.82 Å². The summed E-state index contributed by atoms with van der Waals surface area (Å²) in [6.07, 6.45) is 6.14. The Balaban J connectivity index is 2.04. The molecular formula is C10H14N2O. The van der Waals surface area contributed by atoms with Gasteiger partial charge in [0.25, 0.3) is 0 Å². The molecule has 0 spiro atoms. The summed E-state index contributed by atoms with van der Waals surface area (Å²) >= 11 is 0. The zero-order valence-electron chi connectivity index (χ0n) is 7.61. The lowest BCUT2D eigenvalue weighted by atomic mass is 10.1. The lowest BCUT2D eigenvalue weighted by molar-refractivity contribution is 0.138. The predicted molar refractivity (Wildman–Crippen MR) is 48.4 cm³/mol. The highest BCUT2D eigenvalue weighted by Crippen LogP contribution is 2.41. The second-order valence-corrected chi connectivity index (χ2v) is 4.13. The van der Waals surface area contributed by atoms with E-state index in [9.17, 15) is 5.11 Å². The molecule has 0 amide bonds.